The van der Waals surface area contributed by atoms with E-state index in [-0.39, 0.29) is 6.04 Å². The molecule has 0 aliphatic carbocycles. The summed E-state index contributed by atoms with van der Waals surface area (Å²) in [6.07, 6.45) is 0. The highest BCUT2D eigenvalue weighted by molar-refractivity contribution is 6.31. The van der Waals surface area contributed by atoms with Crippen LogP contribution in [0.3, 0.4) is 0 Å². The smallest absolute Gasteiger partial charge is 0.124 e. The molecule has 2 aromatic rings. The van der Waals surface area contributed by atoms with Crippen LogP contribution in [0.5, 0.6) is 5.75 Å². The van der Waals surface area contributed by atoms with Crippen LogP contribution in [0, 0.1) is 6.92 Å². The molecular weight excluding hydrogens is 258 g/mol. The van der Waals surface area contributed by atoms with E-state index in [0.29, 0.717) is 6.61 Å². The molecule has 1 atom stereocenters. The first kappa shape index (κ1) is 12.5. The maximum absolute atomic E-state index is 6.14. The van der Waals surface area contributed by atoms with Crippen LogP contribution < -0.4 is 10.1 Å². The van der Waals surface area contributed by atoms with Crippen molar-refractivity contribution in [3.05, 3.63) is 64.2 Å². The van der Waals surface area contributed by atoms with Gasteiger partial charge < -0.3 is 10.1 Å². The van der Waals surface area contributed by atoms with Crippen LogP contribution in [-0.2, 0) is 6.54 Å². The van der Waals surface area contributed by atoms with Gasteiger partial charge in [-0.05, 0) is 30.2 Å². The van der Waals surface area contributed by atoms with Gasteiger partial charge in [0.05, 0.1) is 6.04 Å². The fourth-order valence-corrected chi connectivity index (χ4v) is 2.52. The maximum Gasteiger partial charge on any atom is 0.124 e. The summed E-state index contributed by atoms with van der Waals surface area (Å²) in [5.41, 5.74) is 3.54. The van der Waals surface area contributed by atoms with Gasteiger partial charge in [-0.25, -0.2) is 0 Å². The summed E-state index contributed by atoms with van der Waals surface area (Å²) in [4.78, 5) is 0. The minimum Gasteiger partial charge on any atom is -0.491 e. The van der Waals surface area contributed by atoms with Crippen LogP contribution in [0.1, 0.15) is 22.7 Å². The van der Waals surface area contributed by atoms with Crippen LogP contribution in [-0.4, -0.2) is 6.61 Å². The number of rotatable bonds is 3. The highest BCUT2D eigenvalue weighted by Crippen LogP contribution is 2.31. The quantitative estimate of drug-likeness (QED) is 0.917. The highest BCUT2D eigenvalue weighted by Gasteiger charge is 2.22. The Morgan fingerprint density at radius 2 is 2.11 bits per heavy atom. The van der Waals surface area contributed by atoms with Gasteiger partial charge in [-0.1, -0.05) is 41.9 Å². The third-order valence-corrected chi connectivity index (χ3v) is 3.90. The molecule has 1 aliphatic heterocycles. The molecule has 0 saturated heterocycles. The van der Waals surface area contributed by atoms with E-state index >= 15 is 0 Å². The van der Waals surface area contributed by atoms with E-state index in [1.165, 1.54) is 11.1 Å². The molecule has 3 rings (SSSR count). The summed E-state index contributed by atoms with van der Waals surface area (Å²) < 4.78 is 5.65. The highest BCUT2D eigenvalue weighted by atomic mass is 35.5. The first-order chi connectivity index (χ1) is 9.24. The third-order valence-electron chi connectivity index (χ3n) is 3.49. The van der Waals surface area contributed by atoms with Crippen molar-refractivity contribution in [1.82, 2.24) is 5.32 Å². The third kappa shape index (κ3) is 2.60. The molecule has 0 saturated carbocycles. The molecule has 0 bridgehead atoms. The lowest BCUT2D eigenvalue weighted by atomic mass is 10.1. The topological polar surface area (TPSA) is 21.3 Å². The number of aryl methyl sites for hydroxylation is 1. The molecule has 0 spiro atoms. The number of halogens is 1. The lowest BCUT2D eigenvalue weighted by Crippen LogP contribution is -2.21. The molecule has 3 heteroatoms. The summed E-state index contributed by atoms with van der Waals surface area (Å²) >= 11 is 6.14. The summed E-state index contributed by atoms with van der Waals surface area (Å²) in [7, 11) is 0. The van der Waals surface area contributed by atoms with Gasteiger partial charge in [0.2, 0.25) is 0 Å². The molecule has 1 unspecified atom stereocenters. The van der Waals surface area contributed by atoms with Crippen LogP contribution in [0.4, 0.5) is 0 Å². The number of benzene rings is 2. The molecule has 0 amide bonds. The minimum absolute atomic E-state index is 0.260. The van der Waals surface area contributed by atoms with E-state index in [4.69, 9.17) is 16.3 Å². The molecule has 19 heavy (non-hydrogen) atoms. The summed E-state index contributed by atoms with van der Waals surface area (Å²) in [5.74, 6) is 0.988. The average molecular weight is 274 g/mol. The fourth-order valence-electron chi connectivity index (χ4n) is 2.32. The first-order valence-electron chi connectivity index (χ1n) is 6.44. The zero-order valence-electron chi connectivity index (χ0n) is 10.8. The van der Waals surface area contributed by atoms with Crippen molar-refractivity contribution < 1.29 is 4.74 Å². The lowest BCUT2D eigenvalue weighted by Gasteiger charge is -2.12. The van der Waals surface area contributed by atoms with E-state index in [1.807, 2.05) is 31.2 Å². The van der Waals surface area contributed by atoms with Crippen LogP contribution in [0.25, 0.3) is 0 Å². The molecule has 2 aromatic carbocycles. The van der Waals surface area contributed by atoms with E-state index in [1.54, 1.807) is 0 Å². The van der Waals surface area contributed by atoms with Gasteiger partial charge in [0, 0.05) is 17.1 Å². The lowest BCUT2D eigenvalue weighted by molar-refractivity contribution is 0.310. The zero-order chi connectivity index (χ0) is 13.2. The molecule has 0 fully saturated rings. The van der Waals surface area contributed by atoms with Crippen molar-refractivity contribution in [2.45, 2.75) is 19.5 Å². The number of ether oxygens (including phenoxy) is 1. The maximum atomic E-state index is 6.14. The molecule has 2 nitrogen and oxygen atoms in total. The normalized spacial score (nSPS) is 17.1. The van der Waals surface area contributed by atoms with Crippen molar-refractivity contribution in [3.63, 3.8) is 0 Å². The number of fused-ring (bicyclic) bond motifs is 1. The second-order valence-corrected chi connectivity index (χ2v) is 5.27. The monoisotopic (exact) mass is 273 g/mol. The SMILES string of the molecule is Cc1ccc(CNC2COc3ccccc32)cc1Cl. The Morgan fingerprint density at radius 1 is 1.26 bits per heavy atom. The van der Waals surface area contributed by atoms with Gasteiger partial charge >= 0.3 is 0 Å². The van der Waals surface area contributed by atoms with Crippen molar-refractivity contribution in [2.24, 2.45) is 0 Å². The van der Waals surface area contributed by atoms with E-state index in [2.05, 4.69) is 23.5 Å². The second-order valence-electron chi connectivity index (χ2n) is 4.87. The van der Waals surface area contributed by atoms with Gasteiger partial charge in [-0.2, -0.15) is 0 Å². The molecule has 98 valence electrons. The van der Waals surface area contributed by atoms with E-state index < -0.39 is 0 Å². The van der Waals surface area contributed by atoms with Crippen molar-refractivity contribution in [2.75, 3.05) is 6.61 Å². The van der Waals surface area contributed by atoms with E-state index in [9.17, 15) is 0 Å². The minimum atomic E-state index is 0.260. The summed E-state index contributed by atoms with van der Waals surface area (Å²) in [6.45, 7) is 3.50. The van der Waals surface area contributed by atoms with Gasteiger partial charge in [0.15, 0.2) is 0 Å². The van der Waals surface area contributed by atoms with Crippen molar-refractivity contribution in [3.8, 4) is 5.75 Å². The molecule has 1 heterocycles. The summed E-state index contributed by atoms with van der Waals surface area (Å²) in [5, 5.41) is 4.34. The van der Waals surface area contributed by atoms with Crippen LogP contribution >= 0.6 is 11.6 Å². The molecule has 0 radical (unpaired) electrons. The molecule has 1 N–H and O–H groups in total. The van der Waals surface area contributed by atoms with Crippen molar-refractivity contribution in [1.29, 1.82) is 0 Å². The predicted octanol–water partition coefficient (Wildman–Crippen LogP) is 3.87. The molecule has 1 aliphatic rings. The number of hydrogen-bond acceptors (Lipinski definition) is 2. The summed E-state index contributed by atoms with van der Waals surface area (Å²) in [6, 6.07) is 14.6. The Bertz CT molecular complexity index is 597. The Morgan fingerprint density at radius 3 is 2.95 bits per heavy atom. The van der Waals surface area contributed by atoms with Gasteiger partial charge in [0.1, 0.15) is 12.4 Å². The Hall–Kier alpha value is -1.51. The van der Waals surface area contributed by atoms with Gasteiger partial charge in [-0.3, -0.25) is 0 Å². The largest absolute Gasteiger partial charge is 0.491 e. The first-order valence-corrected chi connectivity index (χ1v) is 6.82. The number of nitrogens with one attached hydrogen (secondary N) is 1. The predicted molar refractivity (Wildman–Crippen MR) is 77.7 cm³/mol. The fraction of sp³-hybridized carbons (Fsp3) is 0.250. The Kier molecular flexibility index (Phi) is 3.45. The Labute approximate surface area is 118 Å². The van der Waals surface area contributed by atoms with Crippen LogP contribution in [0.2, 0.25) is 5.02 Å². The number of hydrogen-bond donors (Lipinski definition) is 1. The number of para-hydroxylation sites is 1. The zero-order valence-corrected chi connectivity index (χ0v) is 11.6. The van der Waals surface area contributed by atoms with Crippen molar-refractivity contribution >= 4 is 11.6 Å². The van der Waals surface area contributed by atoms with E-state index in [0.717, 1.165) is 22.9 Å². The van der Waals surface area contributed by atoms with Crippen LogP contribution in [0.15, 0.2) is 42.5 Å². The van der Waals surface area contributed by atoms with Gasteiger partial charge in [0.25, 0.3) is 0 Å². The molecule has 0 aromatic heterocycles. The second kappa shape index (κ2) is 5.24. The molecular formula is C16H16ClNO. The Balaban J connectivity index is 1.69. The standard InChI is InChI=1S/C16H16ClNO/c1-11-6-7-12(8-14(11)17)9-18-15-10-19-16-5-3-2-4-13(15)16/h2-8,15,18H,9-10H2,1H3. The van der Waals surface area contributed by atoms with Gasteiger partial charge in [-0.15, -0.1) is 0 Å². The average Bonchev–Trinajstić information content (AvgIpc) is 2.83.